The van der Waals surface area contributed by atoms with Gasteiger partial charge in [0.25, 0.3) is 0 Å². The number of esters is 1. The molecule has 0 radical (unpaired) electrons. The number of H-pyrrole nitrogens is 2. The summed E-state index contributed by atoms with van der Waals surface area (Å²) in [5.74, 6) is -1.29. The monoisotopic (exact) mass is 1070 g/mol. The number of carboxylic acid groups (broad SMARTS) is 1. The van der Waals surface area contributed by atoms with Crippen molar-refractivity contribution in [2.45, 2.75) is 62.7 Å². The Morgan fingerprint density at radius 3 is 1.51 bits per heavy atom. The van der Waals surface area contributed by atoms with Crippen molar-refractivity contribution >= 4 is 33.7 Å². The van der Waals surface area contributed by atoms with Gasteiger partial charge in [-0.1, -0.05) is 22.6 Å². The van der Waals surface area contributed by atoms with Crippen LogP contribution >= 0.6 is 0 Å². The zero-order chi connectivity index (χ0) is 54.6. The van der Waals surface area contributed by atoms with Crippen LogP contribution in [0.3, 0.4) is 0 Å². The minimum atomic E-state index is -0.925. The van der Waals surface area contributed by atoms with E-state index in [2.05, 4.69) is 51.0 Å². The number of rotatable bonds is 14. The number of aromatic amines is 2. The van der Waals surface area contributed by atoms with Crippen LogP contribution in [-0.4, -0.2) is 134 Å². The van der Waals surface area contributed by atoms with Gasteiger partial charge in [-0.3, -0.25) is 39.6 Å². The summed E-state index contributed by atoms with van der Waals surface area (Å²) in [6, 6.07) is 27.6. The number of aliphatic carboxylic acids is 1. The van der Waals surface area contributed by atoms with Crippen LogP contribution in [-0.2, 0) is 27.4 Å². The molecule has 22 heteroatoms. The molecule has 4 atom stereocenters. The van der Waals surface area contributed by atoms with Crippen LogP contribution in [0.2, 0.25) is 0 Å². The molecule has 4 aromatic carbocycles. The largest absolute Gasteiger partial charge is 0.496 e. The Morgan fingerprint density at radius 2 is 1.06 bits per heavy atom. The number of carbonyl (C=O) groups is 2. The van der Waals surface area contributed by atoms with Gasteiger partial charge in [0.05, 0.1) is 67.5 Å². The summed E-state index contributed by atoms with van der Waals surface area (Å²) in [5.41, 5.74) is 9.36. The van der Waals surface area contributed by atoms with Crippen LogP contribution in [0.4, 0.5) is 8.78 Å². The van der Waals surface area contributed by atoms with Crippen molar-refractivity contribution in [3.63, 3.8) is 0 Å². The van der Waals surface area contributed by atoms with Crippen LogP contribution in [0.25, 0.3) is 55.7 Å². The third-order valence-corrected chi connectivity index (χ3v) is 14.8. The van der Waals surface area contributed by atoms with Gasteiger partial charge in [-0.2, -0.15) is 10.2 Å². The third-order valence-electron chi connectivity index (χ3n) is 14.8. The Hall–Kier alpha value is -9.28. The normalized spacial score (nSPS) is 17.8. The van der Waals surface area contributed by atoms with Crippen LogP contribution in [0, 0.1) is 11.6 Å². The molecular weight excluding hydrogens is 1010 g/mol. The van der Waals surface area contributed by atoms with E-state index in [0.29, 0.717) is 55.0 Å². The molecule has 10 aromatic rings. The zero-order valence-electron chi connectivity index (χ0n) is 43.3. The summed E-state index contributed by atoms with van der Waals surface area (Å²) < 4.78 is 48.7. The molecule has 2 saturated heterocycles. The highest BCUT2D eigenvalue weighted by atomic mass is 19.1. The number of nitrogens with zero attached hydrogens (tertiary/aromatic N) is 12. The minimum absolute atomic E-state index is 0.00235. The van der Waals surface area contributed by atoms with Crippen molar-refractivity contribution in [1.82, 2.24) is 70.2 Å². The number of carboxylic acids is 1. The number of halogens is 2. The first-order valence-electron chi connectivity index (χ1n) is 25.6. The lowest BCUT2D eigenvalue weighted by Gasteiger charge is -2.37. The summed E-state index contributed by atoms with van der Waals surface area (Å²) in [7, 11) is 4.36. The average Bonchev–Trinajstić information content (AvgIpc) is 4.41. The molecule has 2 aliphatic rings. The summed E-state index contributed by atoms with van der Waals surface area (Å²) in [6.07, 6.45) is 13.1. The summed E-state index contributed by atoms with van der Waals surface area (Å²) in [6.45, 7) is 1.21. The van der Waals surface area contributed by atoms with E-state index in [0.717, 1.165) is 73.5 Å². The number of aromatic nitrogens is 12. The van der Waals surface area contributed by atoms with Crippen molar-refractivity contribution < 1.29 is 37.7 Å². The standard InChI is InChI=1S/C29H28FN7O3.C28H26FN7O3/c1-39-27-5-3-4-23(30)22(27)16-36-15-19(6-9-26(36)29(38)40-2)25-17-37(35-33-25)20-7-8-24-21(14-20)28(34-32-24)18-10-12-31-13-11-18;1-39-26-4-2-3-22(29)21(26)15-35-14-18(5-8-25(35)28(37)38)24-16-36(34-32-24)19-6-7-23-20(13-19)27(33-31-23)17-9-11-30-12-10-17/h3-5,7-8,10-14,17,19,26H,6,9,15-16H2,1-2H3,(H,32,34);2-4,6-7,9-13,16,18,25H,5,8,14-15H2,1H3,(H,31,33)(H,37,38)/t19-,26+;18-,25+/m11/s1. The van der Waals surface area contributed by atoms with E-state index in [1.807, 2.05) is 78.0 Å². The average molecular weight is 1070 g/mol. The molecule has 0 saturated carbocycles. The molecule has 6 aromatic heterocycles. The molecule has 20 nitrogen and oxygen atoms in total. The Bertz CT molecular complexity index is 3780. The number of hydrogen-bond donors (Lipinski definition) is 3. The van der Waals surface area contributed by atoms with Crippen LogP contribution in [0.1, 0.15) is 60.0 Å². The Labute approximate surface area is 451 Å². The maximum Gasteiger partial charge on any atom is 0.323 e. The SMILES string of the molecule is COC(=O)[C@@H]1CC[C@@H](c2cn(-c3ccc4[nH]nc(-c5ccncc5)c4c3)nn2)CN1Cc1c(F)cccc1OC.COc1cccc(F)c1CN1C[C@H](c2cn(-c3ccc4[nH]nc(-c5ccncc5)c4c3)nn2)CC[C@H]1C(=O)O. The number of carbonyl (C=O) groups excluding carboxylic acids is 1. The fourth-order valence-electron chi connectivity index (χ4n) is 10.7. The van der Waals surface area contributed by atoms with Gasteiger partial charge in [-0.15, -0.1) is 10.2 Å². The topological polar surface area (TPSA) is 233 Å². The molecule has 12 rings (SSSR count). The molecule has 0 unspecified atom stereocenters. The predicted molar refractivity (Wildman–Crippen MR) is 286 cm³/mol. The lowest BCUT2D eigenvalue weighted by molar-refractivity contribution is -0.149. The minimum Gasteiger partial charge on any atom is -0.496 e. The zero-order valence-corrected chi connectivity index (χ0v) is 43.3. The van der Waals surface area contributed by atoms with Crippen molar-refractivity contribution in [2.24, 2.45) is 0 Å². The number of methoxy groups -OCH3 is 3. The van der Waals surface area contributed by atoms with Crippen molar-refractivity contribution in [3.05, 3.63) is 168 Å². The first-order valence-corrected chi connectivity index (χ1v) is 25.6. The van der Waals surface area contributed by atoms with Gasteiger partial charge in [0.2, 0.25) is 0 Å². The van der Waals surface area contributed by atoms with Gasteiger partial charge in [0, 0.05) is 95.8 Å². The van der Waals surface area contributed by atoms with Gasteiger partial charge in [0.15, 0.2) is 0 Å². The number of ether oxygens (including phenoxy) is 3. The van der Waals surface area contributed by atoms with E-state index in [4.69, 9.17) is 14.2 Å². The van der Waals surface area contributed by atoms with Crippen molar-refractivity contribution in [2.75, 3.05) is 34.4 Å². The second-order valence-corrected chi connectivity index (χ2v) is 19.4. The smallest absolute Gasteiger partial charge is 0.323 e. The number of benzene rings is 4. The highest BCUT2D eigenvalue weighted by molar-refractivity contribution is 5.95. The van der Waals surface area contributed by atoms with Gasteiger partial charge >= 0.3 is 11.9 Å². The lowest BCUT2D eigenvalue weighted by Crippen LogP contribution is -2.47. The van der Waals surface area contributed by atoms with Gasteiger partial charge < -0.3 is 19.3 Å². The number of piperidine rings is 2. The first kappa shape index (κ1) is 51.8. The molecule has 0 amide bonds. The third kappa shape index (κ3) is 10.7. The van der Waals surface area contributed by atoms with Crippen molar-refractivity contribution in [3.8, 4) is 45.4 Å². The van der Waals surface area contributed by atoms with Gasteiger partial charge in [0.1, 0.15) is 46.6 Å². The molecule has 0 bridgehead atoms. The molecule has 0 aliphatic carbocycles. The van der Waals surface area contributed by atoms with Crippen LogP contribution in [0.5, 0.6) is 11.5 Å². The van der Waals surface area contributed by atoms with E-state index in [1.165, 1.54) is 33.5 Å². The number of nitrogens with one attached hydrogen (secondary N) is 2. The predicted octanol–water partition coefficient (Wildman–Crippen LogP) is 8.46. The van der Waals surface area contributed by atoms with Gasteiger partial charge in [-0.05, 0) is 111 Å². The maximum absolute atomic E-state index is 14.8. The van der Waals surface area contributed by atoms with E-state index in [1.54, 1.807) is 63.3 Å². The summed E-state index contributed by atoms with van der Waals surface area (Å²) >= 11 is 0. The quantitative estimate of drug-likeness (QED) is 0.0867. The number of hydrogen-bond acceptors (Lipinski definition) is 15. The van der Waals surface area contributed by atoms with E-state index in [9.17, 15) is 23.5 Å². The highest BCUT2D eigenvalue weighted by Gasteiger charge is 2.38. The second kappa shape index (κ2) is 22.7. The maximum atomic E-state index is 14.8. The molecule has 8 heterocycles. The van der Waals surface area contributed by atoms with E-state index < -0.39 is 23.9 Å². The Kier molecular flexibility index (Phi) is 14.9. The molecule has 2 fully saturated rings. The van der Waals surface area contributed by atoms with Crippen molar-refractivity contribution in [1.29, 1.82) is 0 Å². The molecule has 3 N–H and O–H groups in total. The molecule has 0 spiro atoms. The first-order chi connectivity index (χ1) is 38.6. The molecule has 79 heavy (non-hydrogen) atoms. The molecule has 402 valence electrons. The number of likely N-dealkylation sites (tertiary alicyclic amines) is 2. The number of pyridine rings is 2. The van der Waals surface area contributed by atoms with E-state index >= 15 is 0 Å². The molecule has 2 aliphatic heterocycles. The summed E-state index contributed by atoms with van der Waals surface area (Å²) in [5, 5.41) is 44.6. The van der Waals surface area contributed by atoms with Crippen LogP contribution in [0.15, 0.2) is 134 Å². The van der Waals surface area contributed by atoms with E-state index in [-0.39, 0.29) is 36.7 Å². The fraction of sp³-hybridized carbons (Fsp3) is 0.263. The lowest BCUT2D eigenvalue weighted by atomic mass is 9.90. The van der Waals surface area contributed by atoms with Gasteiger partial charge in [-0.25, -0.2) is 18.1 Å². The Balaban J connectivity index is 0.000000167. The second-order valence-electron chi connectivity index (χ2n) is 19.4. The Morgan fingerprint density at radius 1 is 0.608 bits per heavy atom. The fourth-order valence-corrected chi connectivity index (χ4v) is 10.7. The highest BCUT2D eigenvalue weighted by Crippen LogP contribution is 2.36. The van der Waals surface area contributed by atoms with Crippen LogP contribution < -0.4 is 9.47 Å². The summed E-state index contributed by atoms with van der Waals surface area (Å²) in [4.78, 5) is 36.6. The molecular formula is C57H54F2N14O6. The number of fused-ring (bicyclic) bond motifs is 2.